The van der Waals surface area contributed by atoms with Crippen molar-refractivity contribution in [1.82, 2.24) is 5.32 Å². The van der Waals surface area contributed by atoms with Gasteiger partial charge < -0.3 is 5.32 Å². The first-order valence-electron chi connectivity index (χ1n) is 6.58. The number of carbonyl (C=O) groups is 1. The summed E-state index contributed by atoms with van der Waals surface area (Å²) in [6.45, 7) is 11.8. The van der Waals surface area contributed by atoms with Crippen LogP contribution in [0.1, 0.15) is 66.7 Å². The third-order valence-corrected chi connectivity index (χ3v) is 2.54. The van der Waals surface area contributed by atoms with E-state index in [4.69, 9.17) is 0 Å². The third kappa shape index (κ3) is 11.5. The van der Waals surface area contributed by atoms with Crippen molar-refractivity contribution in [2.75, 3.05) is 6.54 Å². The number of nitrogens with one attached hydrogen (secondary N) is 1. The average Bonchev–Trinajstić information content (AvgIpc) is 2.12. The Morgan fingerprint density at radius 2 is 1.75 bits per heavy atom. The minimum Gasteiger partial charge on any atom is -0.356 e. The second-order valence-corrected chi connectivity index (χ2v) is 6.32. The summed E-state index contributed by atoms with van der Waals surface area (Å²) >= 11 is 0. The fourth-order valence-electron chi connectivity index (χ4n) is 1.52. The van der Waals surface area contributed by atoms with Gasteiger partial charge in [-0.1, -0.05) is 47.5 Å². The highest BCUT2D eigenvalue weighted by Gasteiger charge is 2.09. The predicted molar refractivity (Wildman–Crippen MR) is 70.4 cm³/mol. The molecule has 0 aliphatic rings. The SMILES string of the molecule is CC(C)CNC(=O)CCCCCC(C)(C)C. The van der Waals surface area contributed by atoms with Crippen LogP contribution < -0.4 is 5.32 Å². The number of hydrogen-bond acceptors (Lipinski definition) is 1. The highest BCUT2D eigenvalue weighted by atomic mass is 16.1. The molecule has 2 heteroatoms. The summed E-state index contributed by atoms with van der Waals surface area (Å²) in [4.78, 5) is 11.4. The van der Waals surface area contributed by atoms with Gasteiger partial charge in [-0.15, -0.1) is 0 Å². The Morgan fingerprint density at radius 3 is 2.25 bits per heavy atom. The fourth-order valence-corrected chi connectivity index (χ4v) is 1.52. The molecule has 0 unspecified atom stereocenters. The number of rotatable bonds is 7. The van der Waals surface area contributed by atoms with Gasteiger partial charge in [-0.25, -0.2) is 0 Å². The van der Waals surface area contributed by atoms with Gasteiger partial charge in [0.2, 0.25) is 5.91 Å². The molecule has 0 aliphatic heterocycles. The van der Waals surface area contributed by atoms with Crippen LogP contribution >= 0.6 is 0 Å². The average molecular weight is 227 g/mol. The van der Waals surface area contributed by atoms with Crippen LogP contribution in [-0.4, -0.2) is 12.5 Å². The van der Waals surface area contributed by atoms with E-state index in [1.165, 1.54) is 19.3 Å². The molecular formula is C14H29NO. The molecule has 16 heavy (non-hydrogen) atoms. The largest absolute Gasteiger partial charge is 0.356 e. The van der Waals surface area contributed by atoms with Crippen molar-refractivity contribution in [2.45, 2.75) is 66.7 Å². The van der Waals surface area contributed by atoms with Crippen molar-refractivity contribution < 1.29 is 4.79 Å². The molecule has 1 N–H and O–H groups in total. The summed E-state index contributed by atoms with van der Waals surface area (Å²) in [6, 6.07) is 0. The second kappa shape index (κ2) is 7.70. The standard InChI is InChI=1S/C14H29NO/c1-12(2)11-15-13(16)9-7-6-8-10-14(3,4)5/h12H,6-11H2,1-5H3,(H,15,16). The Morgan fingerprint density at radius 1 is 1.12 bits per heavy atom. The number of hydrogen-bond donors (Lipinski definition) is 1. The molecule has 0 fully saturated rings. The lowest BCUT2D eigenvalue weighted by atomic mass is 9.89. The van der Waals surface area contributed by atoms with E-state index in [2.05, 4.69) is 39.9 Å². The van der Waals surface area contributed by atoms with Gasteiger partial charge in [0.25, 0.3) is 0 Å². The van der Waals surface area contributed by atoms with E-state index in [1.54, 1.807) is 0 Å². The van der Waals surface area contributed by atoms with Crippen LogP contribution in [-0.2, 0) is 4.79 Å². The molecule has 0 heterocycles. The Balaban J connectivity index is 3.35. The van der Waals surface area contributed by atoms with E-state index in [0.29, 0.717) is 17.8 Å². The second-order valence-electron chi connectivity index (χ2n) is 6.32. The van der Waals surface area contributed by atoms with Crippen LogP contribution in [0.4, 0.5) is 0 Å². The van der Waals surface area contributed by atoms with Crippen molar-refractivity contribution in [3.63, 3.8) is 0 Å². The quantitative estimate of drug-likeness (QED) is 0.659. The Labute approximate surface area is 101 Å². The molecule has 0 spiro atoms. The number of amides is 1. The normalized spacial score (nSPS) is 11.9. The van der Waals surface area contributed by atoms with Crippen LogP contribution in [0.15, 0.2) is 0 Å². The van der Waals surface area contributed by atoms with Crippen molar-refractivity contribution in [3.05, 3.63) is 0 Å². The van der Waals surface area contributed by atoms with E-state index in [1.807, 2.05) is 0 Å². The lowest BCUT2D eigenvalue weighted by Crippen LogP contribution is -2.26. The van der Waals surface area contributed by atoms with Crippen LogP contribution in [0.2, 0.25) is 0 Å². The van der Waals surface area contributed by atoms with Gasteiger partial charge in [0.1, 0.15) is 0 Å². The lowest BCUT2D eigenvalue weighted by molar-refractivity contribution is -0.121. The fraction of sp³-hybridized carbons (Fsp3) is 0.929. The summed E-state index contributed by atoms with van der Waals surface area (Å²) in [5, 5.41) is 2.95. The van der Waals surface area contributed by atoms with Gasteiger partial charge in [0.15, 0.2) is 0 Å². The van der Waals surface area contributed by atoms with E-state index in [9.17, 15) is 4.79 Å². The first-order valence-corrected chi connectivity index (χ1v) is 6.58. The van der Waals surface area contributed by atoms with E-state index < -0.39 is 0 Å². The van der Waals surface area contributed by atoms with E-state index in [-0.39, 0.29) is 5.91 Å². The monoisotopic (exact) mass is 227 g/mol. The minimum absolute atomic E-state index is 0.212. The number of unbranched alkanes of at least 4 members (excludes halogenated alkanes) is 2. The molecule has 0 aromatic heterocycles. The molecule has 0 aliphatic carbocycles. The summed E-state index contributed by atoms with van der Waals surface area (Å²) in [5.41, 5.74) is 0.430. The van der Waals surface area contributed by atoms with Crippen LogP contribution in [0.25, 0.3) is 0 Å². The lowest BCUT2D eigenvalue weighted by Gasteiger charge is -2.17. The molecule has 0 rings (SSSR count). The zero-order chi connectivity index (χ0) is 12.6. The van der Waals surface area contributed by atoms with Gasteiger partial charge in [0, 0.05) is 13.0 Å². The zero-order valence-electron chi connectivity index (χ0n) is 11.7. The summed E-state index contributed by atoms with van der Waals surface area (Å²) < 4.78 is 0. The van der Waals surface area contributed by atoms with Crippen molar-refractivity contribution >= 4 is 5.91 Å². The van der Waals surface area contributed by atoms with Gasteiger partial charge in [0.05, 0.1) is 0 Å². The summed E-state index contributed by atoms with van der Waals surface area (Å²) in [5.74, 6) is 0.759. The smallest absolute Gasteiger partial charge is 0.220 e. The molecule has 2 nitrogen and oxygen atoms in total. The topological polar surface area (TPSA) is 29.1 Å². The Bertz CT molecular complexity index is 191. The van der Waals surface area contributed by atoms with Crippen molar-refractivity contribution in [1.29, 1.82) is 0 Å². The summed E-state index contributed by atoms with van der Waals surface area (Å²) in [6.07, 6.45) is 5.38. The Kier molecular flexibility index (Phi) is 7.44. The van der Waals surface area contributed by atoms with Gasteiger partial charge >= 0.3 is 0 Å². The molecule has 0 aromatic rings. The molecule has 0 saturated carbocycles. The van der Waals surface area contributed by atoms with E-state index in [0.717, 1.165) is 13.0 Å². The molecule has 0 saturated heterocycles. The molecule has 96 valence electrons. The third-order valence-electron chi connectivity index (χ3n) is 2.54. The van der Waals surface area contributed by atoms with Crippen LogP contribution in [0.5, 0.6) is 0 Å². The molecule has 1 amide bonds. The molecule has 0 radical (unpaired) electrons. The molecular weight excluding hydrogens is 198 g/mol. The molecule has 0 atom stereocenters. The Hall–Kier alpha value is -0.530. The zero-order valence-corrected chi connectivity index (χ0v) is 11.7. The van der Waals surface area contributed by atoms with Gasteiger partial charge in [-0.2, -0.15) is 0 Å². The predicted octanol–water partition coefficient (Wildman–Crippen LogP) is 3.76. The maximum atomic E-state index is 11.4. The molecule has 0 bridgehead atoms. The minimum atomic E-state index is 0.212. The molecule has 0 aromatic carbocycles. The van der Waals surface area contributed by atoms with Crippen LogP contribution in [0.3, 0.4) is 0 Å². The number of carbonyl (C=O) groups excluding carboxylic acids is 1. The maximum Gasteiger partial charge on any atom is 0.220 e. The first-order chi connectivity index (χ1) is 7.31. The van der Waals surface area contributed by atoms with Crippen molar-refractivity contribution in [3.8, 4) is 0 Å². The van der Waals surface area contributed by atoms with Gasteiger partial charge in [-0.3, -0.25) is 4.79 Å². The summed E-state index contributed by atoms with van der Waals surface area (Å²) in [7, 11) is 0. The highest BCUT2D eigenvalue weighted by molar-refractivity contribution is 5.75. The van der Waals surface area contributed by atoms with Gasteiger partial charge in [-0.05, 0) is 24.2 Å². The highest BCUT2D eigenvalue weighted by Crippen LogP contribution is 2.22. The van der Waals surface area contributed by atoms with Crippen LogP contribution in [0, 0.1) is 11.3 Å². The first kappa shape index (κ1) is 15.5. The maximum absolute atomic E-state index is 11.4. The van der Waals surface area contributed by atoms with E-state index >= 15 is 0 Å². The van der Waals surface area contributed by atoms with Crippen molar-refractivity contribution in [2.24, 2.45) is 11.3 Å².